The minimum atomic E-state index is 0.296. The van der Waals surface area contributed by atoms with Crippen LogP contribution in [-0.4, -0.2) is 17.1 Å². The van der Waals surface area contributed by atoms with Crippen LogP contribution in [0.3, 0.4) is 0 Å². The van der Waals surface area contributed by atoms with Gasteiger partial charge in [0.15, 0.2) is 0 Å². The van der Waals surface area contributed by atoms with Gasteiger partial charge in [-0.05, 0) is 36.4 Å². The smallest absolute Gasteiger partial charge is 0.125 e. The van der Waals surface area contributed by atoms with Gasteiger partial charge in [-0.3, -0.25) is 0 Å². The van der Waals surface area contributed by atoms with Gasteiger partial charge < -0.3 is 10.4 Å². The van der Waals surface area contributed by atoms with Crippen LogP contribution in [0, 0.1) is 0 Å². The Morgan fingerprint density at radius 3 is 2.65 bits per heavy atom. The summed E-state index contributed by atoms with van der Waals surface area (Å²) in [6.07, 6.45) is 0. The maximum Gasteiger partial charge on any atom is 0.125 e. The van der Waals surface area contributed by atoms with Crippen molar-refractivity contribution >= 4 is 17.6 Å². The molecule has 0 saturated carbocycles. The van der Waals surface area contributed by atoms with Crippen molar-refractivity contribution in [2.75, 3.05) is 12.4 Å². The fraction of sp³-hybridized carbons (Fsp3) is 0.154. The Hall–Kier alpha value is -1.68. The molecule has 0 aliphatic rings. The minimum Gasteiger partial charge on any atom is -0.508 e. The third kappa shape index (κ3) is 3.39. The Bertz CT molecular complexity index is 485. The van der Waals surface area contributed by atoms with E-state index in [2.05, 4.69) is 10.3 Å². The Labute approximate surface area is 105 Å². The van der Waals surface area contributed by atoms with Crippen LogP contribution in [0.4, 0.5) is 5.82 Å². The molecule has 0 saturated heterocycles. The molecule has 88 valence electrons. The van der Waals surface area contributed by atoms with Crippen molar-refractivity contribution in [2.24, 2.45) is 0 Å². The maximum absolute atomic E-state index is 9.18. The van der Waals surface area contributed by atoms with Crippen LogP contribution in [0.1, 0.15) is 5.69 Å². The van der Waals surface area contributed by atoms with Gasteiger partial charge in [0.25, 0.3) is 0 Å². The Morgan fingerprint density at radius 2 is 1.94 bits per heavy atom. The molecule has 1 heterocycles. The molecule has 0 atom stereocenters. The molecule has 17 heavy (non-hydrogen) atoms. The van der Waals surface area contributed by atoms with Crippen molar-refractivity contribution in [1.82, 2.24) is 4.98 Å². The monoisotopic (exact) mass is 246 g/mol. The Kier molecular flexibility index (Phi) is 3.88. The number of nitrogens with zero attached hydrogens (tertiary/aromatic N) is 1. The van der Waals surface area contributed by atoms with Gasteiger partial charge in [0, 0.05) is 17.7 Å². The first-order valence-electron chi connectivity index (χ1n) is 5.33. The highest BCUT2D eigenvalue weighted by molar-refractivity contribution is 7.98. The number of anilines is 1. The maximum atomic E-state index is 9.18. The van der Waals surface area contributed by atoms with Gasteiger partial charge in [-0.15, -0.1) is 11.8 Å². The first kappa shape index (κ1) is 11.8. The predicted octanol–water partition coefficient (Wildman–Crippen LogP) is 3.12. The van der Waals surface area contributed by atoms with Crippen molar-refractivity contribution in [3.63, 3.8) is 0 Å². The minimum absolute atomic E-state index is 0.296. The predicted molar refractivity (Wildman–Crippen MR) is 71.5 cm³/mol. The second-order valence-electron chi connectivity index (χ2n) is 3.55. The summed E-state index contributed by atoms with van der Waals surface area (Å²) in [5.41, 5.74) is 1.04. The summed E-state index contributed by atoms with van der Waals surface area (Å²) >= 11 is 1.70. The summed E-state index contributed by atoms with van der Waals surface area (Å²) in [6.45, 7) is 0. The molecule has 2 rings (SSSR count). The molecule has 4 heteroatoms. The highest BCUT2D eigenvalue weighted by atomic mass is 32.2. The van der Waals surface area contributed by atoms with Crippen molar-refractivity contribution < 1.29 is 5.11 Å². The lowest BCUT2D eigenvalue weighted by Gasteiger charge is -2.04. The number of pyridine rings is 1. The molecule has 3 nitrogen and oxygen atoms in total. The molecule has 0 spiro atoms. The molecule has 0 radical (unpaired) electrons. The molecule has 1 aromatic heterocycles. The van der Waals surface area contributed by atoms with Gasteiger partial charge in [0.05, 0.1) is 5.69 Å². The zero-order chi connectivity index (χ0) is 12.1. The van der Waals surface area contributed by atoms with Crippen LogP contribution in [0.25, 0.3) is 0 Å². The number of hydrogen-bond acceptors (Lipinski definition) is 4. The van der Waals surface area contributed by atoms with Crippen LogP contribution in [0.5, 0.6) is 5.75 Å². The molecule has 2 aromatic rings. The van der Waals surface area contributed by atoms with Gasteiger partial charge in [0.1, 0.15) is 11.6 Å². The standard InChI is InChI=1S/C13H14N2OS/c1-14-13-4-2-3-10(15-13)9-17-12-7-5-11(16)6-8-12/h2-8,16H,9H2,1H3,(H,14,15). The van der Waals surface area contributed by atoms with Crippen molar-refractivity contribution in [1.29, 1.82) is 0 Å². The third-order valence-electron chi connectivity index (χ3n) is 2.29. The quantitative estimate of drug-likeness (QED) is 0.814. The first-order valence-corrected chi connectivity index (χ1v) is 6.32. The molecule has 2 N–H and O–H groups in total. The van der Waals surface area contributed by atoms with Crippen molar-refractivity contribution in [3.05, 3.63) is 48.2 Å². The van der Waals surface area contributed by atoms with Crippen LogP contribution in [-0.2, 0) is 5.75 Å². The van der Waals surface area contributed by atoms with E-state index < -0.39 is 0 Å². The number of nitrogens with one attached hydrogen (secondary N) is 1. The average molecular weight is 246 g/mol. The summed E-state index contributed by atoms with van der Waals surface area (Å²) in [7, 11) is 1.86. The molecule has 0 amide bonds. The van der Waals surface area contributed by atoms with Gasteiger partial charge in [-0.1, -0.05) is 6.07 Å². The van der Waals surface area contributed by atoms with E-state index in [0.29, 0.717) is 5.75 Å². The average Bonchev–Trinajstić information content (AvgIpc) is 2.38. The van der Waals surface area contributed by atoms with E-state index in [1.807, 2.05) is 37.4 Å². The SMILES string of the molecule is CNc1cccc(CSc2ccc(O)cc2)n1. The molecule has 0 fully saturated rings. The summed E-state index contributed by atoms with van der Waals surface area (Å²) in [6, 6.07) is 13.1. The van der Waals surface area contributed by atoms with E-state index >= 15 is 0 Å². The lowest BCUT2D eigenvalue weighted by Crippen LogP contribution is -1.94. The second-order valence-corrected chi connectivity index (χ2v) is 4.60. The third-order valence-corrected chi connectivity index (χ3v) is 3.33. The van der Waals surface area contributed by atoms with E-state index in [0.717, 1.165) is 22.2 Å². The lowest BCUT2D eigenvalue weighted by atomic mass is 10.3. The topological polar surface area (TPSA) is 45.1 Å². The van der Waals surface area contributed by atoms with E-state index in [4.69, 9.17) is 0 Å². The first-order chi connectivity index (χ1) is 8.28. The Balaban J connectivity index is 1.99. The highest BCUT2D eigenvalue weighted by Gasteiger charge is 1.99. The second kappa shape index (κ2) is 5.59. The van der Waals surface area contributed by atoms with Gasteiger partial charge in [-0.25, -0.2) is 4.98 Å². The molecule has 0 bridgehead atoms. The number of aromatic hydroxyl groups is 1. The van der Waals surface area contributed by atoms with E-state index in [1.54, 1.807) is 23.9 Å². The summed E-state index contributed by atoms with van der Waals surface area (Å²) < 4.78 is 0. The number of phenols is 1. The lowest BCUT2D eigenvalue weighted by molar-refractivity contribution is 0.475. The molecular weight excluding hydrogens is 232 g/mol. The van der Waals surface area contributed by atoms with E-state index in [1.165, 1.54) is 0 Å². The number of thioether (sulfide) groups is 1. The van der Waals surface area contributed by atoms with Crippen LogP contribution < -0.4 is 5.32 Å². The molecule has 0 aliphatic carbocycles. The number of rotatable bonds is 4. The van der Waals surface area contributed by atoms with E-state index in [-0.39, 0.29) is 0 Å². The number of benzene rings is 1. The summed E-state index contributed by atoms with van der Waals surface area (Å²) in [5.74, 6) is 2.00. The largest absolute Gasteiger partial charge is 0.508 e. The van der Waals surface area contributed by atoms with Crippen LogP contribution in [0.15, 0.2) is 47.4 Å². The zero-order valence-corrected chi connectivity index (χ0v) is 10.4. The van der Waals surface area contributed by atoms with Gasteiger partial charge in [0.2, 0.25) is 0 Å². The molecular formula is C13H14N2OS. The zero-order valence-electron chi connectivity index (χ0n) is 9.55. The number of phenolic OH excluding ortho intramolecular Hbond substituents is 1. The van der Waals surface area contributed by atoms with Gasteiger partial charge >= 0.3 is 0 Å². The summed E-state index contributed by atoms with van der Waals surface area (Å²) in [5, 5.41) is 12.2. The van der Waals surface area contributed by atoms with Crippen LogP contribution >= 0.6 is 11.8 Å². The fourth-order valence-electron chi connectivity index (χ4n) is 1.40. The molecule has 0 aliphatic heterocycles. The highest BCUT2D eigenvalue weighted by Crippen LogP contribution is 2.24. The van der Waals surface area contributed by atoms with Crippen molar-refractivity contribution in [2.45, 2.75) is 10.6 Å². The normalized spacial score (nSPS) is 10.2. The van der Waals surface area contributed by atoms with Crippen molar-refractivity contribution in [3.8, 4) is 5.75 Å². The van der Waals surface area contributed by atoms with Crippen LogP contribution in [0.2, 0.25) is 0 Å². The Morgan fingerprint density at radius 1 is 1.18 bits per heavy atom. The van der Waals surface area contributed by atoms with Gasteiger partial charge in [-0.2, -0.15) is 0 Å². The number of aromatic nitrogens is 1. The molecule has 1 aromatic carbocycles. The molecule has 0 unspecified atom stereocenters. The number of hydrogen-bond donors (Lipinski definition) is 2. The summed E-state index contributed by atoms with van der Waals surface area (Å²) in [4.78, 5) is 5.57. The van der Waals surface area contributed by atoms with E-state index in [9.17, 15) is 5.11 Å². The fourth-order valence-corrected chi connectivity index (χ4v) is 2.20.